The molecule has 0 unspecified atom stereocenters. The van der Waals surface area contributed by atoms with E-state index in [2.05, 4.69) is 46.4 Å². The van der Waals surface area contributed by atoms with Crippen LogP contribution in [0, 0.1) is 0 Å². The highest BCUT2D eigenvalue weighted by atomic mass is 32.1. The second kappa shape index (κ2) is 7.90. The van der Waals surface area contributed by atoms with Crippen LogP contribution in [0.4, 0.5) is 5.13 Å². The Hall–Kier alpha value is -1.43. The molecular weight excluding hydrogens is 306 g/mol. The van der Waals surface area contributed by atoms with Crippen LogP contribution in [-0.4, -0.2) is 56.3 Å². The first-order chi connectivity index (χ1) is 11.3. The minimum absolute atomic E-state index is 0.815. The molecule has 1 saturated heterocycles. The summed E-state index contributed by atoms with van der Waals surface area (Å²) < 4.78 is 5.16. The lowest BCUT2D eigenvalue weighted by molar-refractivity contribution is 0.144. The lowest BCUT2D eigenvalue weighted by atomic mass is 10.1. The number of anilines is 1. The van der Waals surface area contributed by atoms with Crippen molar-refractivity contribution in [1.29, 1.82) is 0 Å². The minimum Gasteiger partial charge on any atom is -0.383 e. The smallest absolute Gasteiger partial charge is 0.185 e. The van der Waals surface area contributed by atoms with Crippen molar-refractivity contribution in [3.63, 3.8) is 0 Å². The first kappa shape index (κ1) is 16.4. The van der Waals surface area contributed by atoms with Crippen molar-refractivity contribution in [2.75, 3.05) is 51.3 Å². The van der Waals surface area contributed by atoms with Gasteiger partial charge in [-0.05, 0) is 12.0 Å². The van der Waals surface area contributed by atoms with Gasteiger partial charge in [-0.3, -0.25) is 4.90 Å². The number of methoxy groups -OCH3 is 1. The largest absolute Gasteiger partial charge is 0.383 e. The molecule has 23 heavy (non-hydrogen) atoms. The Balaban J connectivity index is 1.61. The zero-order valence-electron chi connectivity index (χ0n) is 14.0. The van der Waals surface area contributed by atoms with Gasteiger partial charge in [0.25, 0.3) is 0 Å². The Morgan fingerprint density at radius 2 is 1.87 bits per heavy atom. The highest BCUT2D eigenvalue weighted by molar-refractivity contribution is 7.14. The molecule has 1 fully saturated rings. The second-order valence-corrected chi connectivity index (χ2v) is 6.72. The van der Waals surface area contributed by atoms with Crippen molar-refractivity contribution >= 4 is 16.5 Å². The van der Waals surface area contributed by atoms with Crippen LogP contribution in [0.1, 0.15) is 12.5 Å². The molecular formula is C18H25N3OS. The third kappa shape index (κ3) is 4.10. The number of ether oxygens (including phenoxy) is 1. The highest BCUT2D eigenvalue weighted by Gasteiger charge is 2.19. The fraction of sp³-hybridized carbons (Fsp3) is 0.500. The van der Waals surface area contributed by atoms with Gasteiger partial charge in [-0.1, -0.05) is 31.2 Å². The van der Waals surface area contributed by atoms with Crippen molar-refractivity contribution < 1.29 is 4.74 Å². The molecule has 0 atom stereocenters. The maximum absolute atomic E-state index is 5.16. The SMILES string of the molecule is CCc1ccc(-c2csc(N3CCN(CCOC)CC3)n2)cc1. The summed E-state index contributed by atoms with van der Waals surface area (Å²) in [6.07, 6.45) is 1.08. The standard InChI is InChI=1S/C18H25N3OS/c1-3-15-4-6-16(7-5-15)17-14-23-18(19-17)21-10-8-20(9-11-21)12-13-22-2/h4-7,14H,3,8-13H2,1-2H3. The number of benzene rings is 1. The third-order valence-electron chi connectivity index (χ3n) is 4.40. The molecule has 0 aliphatic carbocycles. The molecule has 2 heterocycles. The van der Waals surface area contributed by atoms with Gasteiger partial charge in [-0.25, -0.2) is 4.98 Å². The Morgan fingerprint density at radius 3 is 2.52 bits per heavy atom. The fourth-order valence-electron chi connectivity index (χ4n) is 2.84. The summed E-state index contributed by atoms with van der Waals surface area (Å²) in [4.78, 5) is 9.71. The van der Waals surface area contributed by atoms with E-state index in [4.69, 9.17) is 9.72 Å². The summed E-state index contributed by atoms with van der Waals surface area (Å²) in [5, 5.41) is 3.32. The van der Waals surface area contributed by atoms with Gasteiger partial charge >= 0.3 is 0 Å². The minimum atomic E-state index is 0.815. The van der Waals surface area contributed by atoms with Crippen LogP contribution in [0.15, 0.2) is 29.6 Å². The Labute approximate surface area is 142 Å². The number of rotatable bonds is 6. The van der Waals surface area contributed by atoms with Crippen LogP contribution in [0.5, 0.6) is 0 Å². The number of nitrogens with zero attached hydrogens (tertiary/aromatic N) is 3. The monoisotopic (exact) mass is 331 g/mol. The highest BCUT2D eigenvalue weighted by Crippen LogP contribution is 2.28. The fourth-order valence-corrected chi connectivity index (χ4v) is 3.72. The molecule has 1 aliphatic rings. The van der Waals surface area contributed by atoms with Crippen LogP contribution in [0.2, 0.25) is 0 Å². The molecule has 2 aromatic rings. The molecule has 4 nitrogen and oxygen atoms in total. The van der Waals surface area contributed by atoms with E-state index in [9.17, 15) is 0 Å². The zero-order chi connectivity index (χ0) is 16.1. The molecule has 0 saturated carbocycles. The molecule has 5 heteroatoms. The van der Waals surface area contributed by atoms with E-state index in [-0.39, 0.29) is 0 Å². The number of aromatic nitrogens is 1. The van der Waals surface area contributed by atoms with Crippen LogP contribution < -0.4 is 4.90 Å². The van der Waals surface area contributed by atoms with Gasteiger partial charge in [-0.2, -0.15) is 0 Å². The normalized spacial score (nSPS) is 16.0. The molecule has 1 aromatic heterocycles. The second-order valence-electron chi connectivity index (χ2n) is 5.89. The van der Waals surface area contributed by atoms with Crippen LogP contribution in [-0.2, 0) is 11.2 Å². The molecule has 0 bridgehead atoms. The van der Waals surface area contributed by atoms with E-state index >= 15 is 0 Å². The van der Waals surface area contributed by atoms with Gasteiger partial charge < -0.3 is 9.64 Å². The Morgan fingerprint density at radius 1 is 1.13 bits per heavy atom. The van der Waals surface area contributed by atoms with Crippen molar-refractivity contribution in [2.24, 2.45) is 0 Å². The summed E-state index contributed by atoms with van der Waals surface area (Å²) in [7, 11) is 1.76. The summed E-state index contributed by atoms with van der Waals surface area (Å²) in [5.41, 5.74) is 3.68. The van der Waals surface area contributed by atoms with Crippen molar-refractivity contribution in [2.45, 2.75) is 13.3 Å². The first-order valence-corrected chi connectivity index (χ1v) is 9.19. The number of hydrogen-bond acceptors (Lipinski definition) is 5. The van der Waals surface area contributed by atoms with Crippen LogP contribution >= 0.6 is 11.3 Å². The lowest BCUT2D eigenvalue weighted by Gasteiger charge is -2.34. The van der Waals surface area contributed by atoms with Crippen LogP contribution in [0.3, 0.4) is 0 Å². The predicted octanol–water partition coefficient (Wildman–Crippen LogP) is 3.14. The Bertz CT molecular complexity index is 603. The van der Waals surface area contributed by atoms with E-state index in [0.29, 0.717) is 0 Å². The average molecular weight is 331 g/mol. The number of aryl methyl sites for hydroxylation is 1. The van der Waals surface area contributed by atoms with Gasteiger partial charge in [0.15, 0.2) is 5.13 Å². The molecule has 0 N–H and O–H groups in total. The molecule has 1 aliphatic heterocycles. The van der Waals surface area contributed by atoms with Gasteiger partial charge in [0.1, 0.15) is 0 Å². The van der Waals surface area contributed by atoms with E-state index in [0.717, 1.165) is 56.6 Å². The van der Waals surface area contributed by atoms with E-state index < -0.39 is 0 Å². The zero-order valence-corrected chi connectivity index (χ0v) is 14.8. The topological polar surface area (TPSA) is 28.6 Å². The summed E-state index contributed by atoms with van der Waals surface area (Å²) >= 11 is 1.75. The number of piperazine rings is 1. The molecule has 3 rings (SSSR count). The van der Waals surface area contributed by atoms with E-state index in [1.54, 1.807) is 18.4 Å². The van der Waals surface area contributed by atoms with Gasteiger partial charge in [0.05, 0.1) is 12.3 Å². The predicted molar refractivity (Wildman–Crippen MR) is 97.5 cm³/mol. The van der Waals surface area contributed by atoms with E-state index in [1.807, 2.05) is 0 Å². The van der Waals surface area contributed by atoms with Crippen molar-refractivity contribution in [3.05, 3.63) is 35.2 Å². The number of hydrogen-bond donors (Lipinski definition) is 0. The van der Waals surface area contributed by atoms with Gasteiger partial charge in [0, 0.05) is 50.8 Å². The number of thiazole rings is 1. The average Bonchev–Trinajstić information content (AvgIpc) is 3.10. The molecule has 124 valence electrons. The quantitative estimate of drug-likeness (QED) is 0.813. The van der Waals surface area contributed by atoms with E-state index in [1.165, 1.54) is 11.1 Å². The maximum Gasteiger partial charge on any atom is 0.185 e. The van der Waals surface area contributed by atoms with Gasteiger partial charge in [-0.15, -0.1) is 11.3 Å². The maximum atomic E-state index is 5.16. The molecule has 1 aromatic carbocycles. The van der Waals surface area contributed by atoms with Crippen LogP contribution in [0.25, 0.3) is 11.3 Å². The lowest BCUT2D eigenvalue weighted by Crippen LogP contribution is -2.47. The molecule has 0 spiro atoms. The Kier molecular flexibility index (Phi) is 5.65. The molecule has 0 amide bonds. The summed E-state index contributed by atoms with van der Waals surface area (Å²) in [6.45, 7) is 8.29. The molecule has 0 radical (unpaired) electrons. The van der Waals surface area contributed by atoms with Crippen molar-refractivity contribution in [1.82, 2.24) is 9.88 Å². The first-order valence-electron chi connectivity index (χ1n) is 8.31. The van der Waals surface area contributed by atoms with Gasteiger partial charge in [0.2, 0.25) is 0 Å². The van der Waals surface area contributed by atoms with Crippen molar-refractivity contribution in [3.8, 4) is 11.3 Å². The summed E-state index contributed by atoms with van der Waals surface area (Å²) in [5.74, 6) is 0. The third-order valence-corrected chi connectivity index (χ3v) is 5.31. The summed E-state index contributed by atoms with van der Waals surface area (Å²) in [6, 6.07) is 8.76.